The number of hydrogen-bond acceptors (Lipinski definition) is 4. The minimum Gasteiger partial charge on any atom is -0.478 e. The first-order chi connectivity index (χ1) is 9.15. The topological polar surface area (TPSA) is 63.2 Å². The van der Waals surface area contributed by atoms with Crippen molar-refractivity contribution in [3.05, 3.63) is 18.3 Å². The van der Waals surface area contributed by atoms with Crippen LogP contribution in [-0.2, 0) is 4.79 Å². The van der Waals surface area contributed by atoms with Crippen molar-refractivity contribution in [1.29, 1.82) is 0 Å². The Bertz CT molecular complexity index is 379. The van der Waals surface area contributed by atoms with Crippen molar-refractivity contribution < 1.29 is 9.53 Å². The van der Waals surface area contributed by atoms with Crippen molar-refractivity contribution in [2.45, 2.75) is 39.7 Å². The summed E-state index contributed by atoms with van der Waals surface area (Å²) >= 11 is 0. The van der Waals surface area contributed by atoms with Crippen molar-refractivity contribution in [3.63, 3.8) is 0 Å². The van der Waals surface area contributed by atoms with Crippen LogP contribution >= 0.6 is 0 Å². The Balaban J connectivity index is 2.33. The van der Waals surface area contributed by atoms with Crippen LogP contribution in [0.2, 0.25) is 0 Å². The van der Waals surface area contributed by atoms with Crippen LogP contribution < -0.4 is 15.4 Å². The van der Waals surface area contributed by atoms with E-state index in [0.29, 0.717) is 12.5 Å². The molecule has 0 aliphatic rings. The number of nitrogens with one attached hydrogen (secondary N) is 2. The highest BCUT2D eigenvalue weighted by molar-refractivity contribution is 5.80. The lowest BCUT2D eigenvalue weighted by molar-refractivity contribution is -0.120. The highest BCUT2D eigenvalue weighted by atomic mass is 16.5. The second-order valence-corrected chi connectivity index (χ2v) is 4.43. The van der Waals surface area contributed by atoms with E-state index in [0.717, 1.165) is 18.5 Å². The van der Waals surface area contributed by atoms with Gasteiger partial charge in [0.1, 0.15) is 0 Å². The summed E-state index contributed by atoms with van der Waals surface area (Å²) in [6.07, 6.45) is 3.72. The third kappa shape index (κ3) is 6.08. The largest absolute Gasteiger partial charge is 0.478 e. The second kappa shape index (κ2) is 8.34. The highest BCUT2D eigenvalue weighted by Gasteiger charge is 2.06. The Labute approximate surface area is 114 Å². The van der Waals surface area contributed by atoms with E-state index in [1.54, 1.807) is 12.3 Å². The standard InChI is InChI=1S/C14H23N3O2/c1-4-6-11(3)17-13(18)10-15-12-7-8-14(16-9-12)19-5-2/h7-9,11,15H,4-6,10H2,1-3H3,(H,17,18). The average Bonchev–Trinajstić information content (AvgIpc) is 2.38. The second-order valence-electron chi connectivity index (χ2n) is 4.43. The first kappa shape index (κ1) is 15.3. The molecule has 19 heavy (non-hydrogen) atoms. The van der Waals surface area contributed by atoms with Gasteiger partial charge < -0.3 is 15.4 Å². The van der Waals surface area contributed by atoms with E-state index < -0.39 is 0 Å². The molecular formula is C14H23N3O2. The van der Waals surface area contributed by atoms with Crippen LogP contribution in [0.3, 0.4) is 0 Å². The molecule has 106 valence electrons. The summed E-state index contributed by atoms with van der Waals surface area (Å²) in [5.41, 5.74) is 0.807. The Hall–Kier alpha value is -1.78. The Morgan fingerprint density at radius 3 is 2.79 bits per heavy atom. The van der Waals surface area contributed by atoms with Gasteiger partial charge in [0.05, 0.1) is 25.0 Å². The summed E-state index contributed by atoms with van der Waals surface area (Å²) in [7, 11) is 0. The van der Waals surface area contributed by atoms with Crippen LogP contribution in [0.4, 0.5) is 5.69 Å². The maximum Gasteiger partial charge on any atom is 0.239 e. The molecular weight excluding hydrogens is 242 g/mol. The van der Waals surface area contributed by atoms with Gasteiger partial charge in [0.15, 0.2) is 0 Å². The highest BCUT2D eigenvalue weighted by Crippen LogP contribution is 2.10. The van der Waals surface area contributed by atoms with Crippen LogP contribution in [0.5, 0.6) is 5.88 Å². The van der Waals surface area contributed by atoms with Crippen molar-refractivity contribution in [2.24, 2.45) is 0 Å². The van der Waals surface area contributed by atoms with Gasteiger partial charge >= 0.3 is 0 Å². The maximum absolute atomic E-state index is 11.7. The smallest absolute Gasteiger partial charge is 0.239 e. The molecule has 2 N–H and O–H groups in total. The van der Waals surface area contributed by atoms with E-state index in [9.17, 15) is 4.79 Å². The quantitative estimate of drug-likeness (QED) is 0.756. The summed E-state index contributed by atoms with van der Waals surface area (Å²) < 4.78 is 5.25. The van der Waals surface area contributed by atoms with Crippen LogP contribution in [0.1, 0.15) is 33.6 Å². The third-order valence-electron chi connectivity index (χ3n) is 2.61. The summed E-state index contributed by atoms with van der Waals surface area (Å²) in [5, 5.41) is 5.97. The lowest BCUT2D eigenvalue weighted by Gasteiger charge is -2.13. The molecule has 0 fully saturated rings. The van der Waals surface area contributed by atoms with Gasteiger partial charge in [-0.25, -0.2) is 4.98 Å². The average molecular weight is 265 g/mol. The molecule has 1 aromatic heterocycles. The van der Waals surface area contributed by atoms with Crippen LogP contribution in [0.25, 0.3) is 0 Å². The fraction of sp³-hybridized carbons (Fsp3) is 0.571. The van der Waals surface area contributed by atoms with Gasteiger partial charge in [0.2, 0.25) is 11.8 Å². The molecule has 5 nitrogen and oxygen atoms in total. The first-order valence-electron chi connectivity index (χ1n) is 6.77. The monoisotopic (exact) mass is 265 g/mol. The normalized spacial score (nSPS) is 11.7. The summed E-state index contributed by atoms with van der Waals surface area (Å²) in [5.74, 6) is 0.587. The fourth-order valence-electron chi connectivity index (χ4n) is 1.73. The summed E-state index contributed by atoms with van der Waals surface area (Å²) in [6.45, 7) is 6.88. The lowest BCUT2D eigenvalue weighted by atomic mass is 10.2. The number of carbonyl (C=O) groups excluding carboxylic acids is 1. The Kier molecular flexibility index (Phi) is 6.71. The van der Waals surface area contributed by atoms with E-state index in [1.807, 2.05) is 19.9 Å². The molecule has 1 unspecified atom stereocenters. The zero-order valence-corrected chi connectivity index (χ0v) is 11.9. The predicted molar refractivity (Wildman–Crippen MR) is 76.4 cm³/mol. The zero-order chi connectivity index (χ0) is 14.1. The van der Waals surface area contributed by atoms with Gasteiger partial charge in [0.25, 0.3) is 0 Å². The molecule has 0 aromatic carbocycles. The molecule has 0 bridgehead atoms. The van der Waals surface area contributed by atoms with Gasteiger partial charge in [0, 0.05) is 12.1 Å². The van der Waals surface area contributed by atoms with E-state index in [1.165, 1.54) is 0 Å². The zero-order valence-electron chi connectivity index (χ0n) is 11.9. The SMILES string of the molecule is CCCC(C)NC(=O)CNc1ccc(OCC)nc1. The molecule has 1 rings (SSSR count). The molecule has 1 heterocycles. The number of amides is 1. The van der Waals surface area contributed by atoms with E-state index in [-0.39, 0.29) is 18.5 Å². The number of anilines is 1. The summed E-state index contributed by atoms with van der Waals surface area (Å²) in [4.78, 5) is 15.8. The molecule has 0 saturated carbocycles. The van der Waals surface area contributed by atoms with Gasteiger partial charge in [-0.05, 0) is 26.3 Å². The molecule has 1 aromatic rings. The van der Waals surface area contributed by atoms with E-state index in [4.69, 9.17) is 4.74 Å². The lowest BCUT2D eigenvalue weighted by Crippen LogP contribution is -2.36. The molecule has 5 heteroatoms. The number of hydrogen-bond donors (Lipinski definition) is 2. The molecule has 1 amide bonds. The summed E-state index contributed by atoms with van der Waals surface area (Å²) in [6, 6.07) is 3.85. The minimum atomic E-state index is -0.00478. The Morgan fingerprint density at radius 1 is 1.42 bits per heavy atom. The van der Waals surface area contributed by atoms with Gasteiger partial charge in [-0.2, -0.15) is 0 Å². The molecule has 0 radical (unpaired) electrons. The molecule has 0 aliphatic carbocycles. The van der Waals surface area contributed by atoms with Gasteiger partial charge in [-0.1, -0.05) is 13.3 Å². The number of rotatable bonds is 8. The molecule has 1 atom stereocenters. The number of aromatic nitrogens is 1. The third-order valence-corrected chi connectivity index (χ3v) is 2.61. The van der Waals surface area contributed by atoms with Crippen molar-refractivity contribution >= 4 is 11.6 Å². The van der Waals surface area contributed by atoms with Crippen LogP contribution in [0, 0.1) is 0 Å². The van der Waals surface area contributed by atoms with E-state index >= 15 is 0 Å². The van der Waals surface area contributed by atoms with E-state index in [2.05, 4.69) is 22.5 Å². The van der Waals surface area contributed by atoms with Crippen molar-refractivity contribution in [1.82, 2.24) is 10.3 Å². The minimum absolute atomic E-state index is 0.00478. The predicted octanol–water partition coefficient (Wildman–Crippen LogP) is 2.20. The van der Waals surface area contributed by atoms with Gasteiger partial charge in [-0.3, -0.25) is 4.79 Å². The van der Waals surface area contributed by atoms with Crippen LogP contribution in [-0.4, -0.2) is 30.1 Å². The Morgan fingerprint density at radius 2 is 2.21 bits per heavy atom. The maximum atomic E-state index is 11.7. The van der Waals surface area contributed by atoms with Crippen molar-refractivity contribution in [3.8, 4) is 5.88 Å². The number of ether oxygens (including phenoxy) is 1. The first-order valence-corrected chi connectivity index (χ1v) is 6.77. The molecule has 0 spiro atoms. The fourth-order valence-corrected chi connectivity index (χ4v) is 1.73. The number of nitrogens with zero attached hydrogens (tertiary/aromatic N) is 1. The van der Waals surface area contributed by atoms with Crippen molar-refractivity contribution in [2.75, 3.05) is 18.5 Å². The molecule has 0 saturated heterocycles. The molecule has 0 aliphatic heterocycles. The van der Waals surface area contributed by atoms with Crippen LogP contribution in [0.15, 0.2) is 18.3 Å². The number of carbonyl (C=O) groups is 1. The van der Waals surface area contributed by atoms with Gasteiger partial charge in [-0.15, -0.1) is 0 Å². The number of pyridine rings is 1.